The summed E-state index contributed by atoms with van der Waals surface area (Å²) in [5.74, 6) is 1.38. The first-order valence-corrected chi connectivity index (χ1v) is 10.5. The number of nitrogens with one attached hydrogen (secondary N) is 1. The molecule has 0 aliphatic carbocycles. The Morgan fingerprint density at radius 1 is 1.00 bits per heavy atom. The van der Waals surface area contributed by atoms with E-state index in [0.717, 1.165) is 40.8 Å². The van der Waals surface area contributed by atoms with Crippen LogP contribution in [0.5, 0.6) is 11.5 Å². The van der Waals surface area contributed by atoms with Crippen LogP contribution < -0.4 is 14.8 Å². The smallest absolute Gasteiger partial charge is 0.174 e. The van der Waals surface area contributed by atoms with Crippen LogP contribution >= 0.6 is 15.9 Å². The molecule has 29 heavy (non-hydrogen) atoms. The number of methoxy groups -OCH3 is 2. The van der Waals surface area contributed by atoms with Crippen molar-refractivity contribution >= 4 is 37.6 Å². The van der Waals surface area contributed by atoms with Crippen LogP contribution in [0.1, 0.15) is 11.1 Å². The monoisotopic (exact) mass is 448 g/mol. The molecule has 0 saturated carbocycles. The molecule has 5 rings (SSSR count). The van der Waals surface area contributed by atoms with Gasteiger partial charge in [0.15, 0.2) is 11.5 Å². The third-order valence-corrected chi connectivity index (χ3v) is 6.24. The van der Waals surface area contributed by atoms with Crippen LogP contribution in [0, 0.1) is 0 Å². The van der Waals surface area contributed by atoms with E-state index in [1.54, 1.807) is 14.2 Å². The lowest BCUT2D eigenvalue weighted by molar-refractivity contribution is 0.353. The van der Waals surface area contributed by atoms with E-state index in [9.17, 15) is 0 Å². The molecule has 1 aliphatic heterocycles. The molecule has 3 aromatic carbocycles. The Bertz CT molecular complexity index is 1250. The highest BCUT2D eigenvalue weighted by Gasteiger charge is 2.22. The fourth-order valence-electron chi connectivity index (χ4n) is 4.34. The summed E-state index contributed by atoms with van der Waals surface area (Å²) in [5, 5.41) is 7.33. The van der Waals surface area contributed by atoms with Crippen molar-refractivity contribution in [1.82, 2.24) is 10.3 Å². The van der Waals surface area contributed by atoms with Crippen molar-refractivity contribution in [2.75, 3.05) is 20.8 Å². The second-order valence-electron chi connectivity index (χ2n) is 7.22. The molecule has 146 valence electrons. The van der Waals surface area contributed by atoms with Gasteiger partial charge in [-0.05, 0) is 69.0 Å². The minimum absolute atomic E-state index is 0.690. The van der Waals surface area contributed by atoms with E-state index in [1.807, 2.05) is 6.07 Å². The van der Waals surface area contributed by atoms with Crippen LogP contribution in [-0.2, 0) is 13.0 Å². The molecule has 0 unspecified atom stereocenters. The number of pyridine rings is 1. The van der Waals surface area contributed by atoms with E-state index in [4.69, 9.17) is 14.5 Å². The summed E-state index contributed by atoms with van der Waals surface area (Å²) in [6, 6.07) is 16.9. The average molecular weight is 449 g/mol. The van der Waals surface area contributed by atoms with Crippen LogP contribution in [0.15, 0.2) is 53.0 Å². The van der Waals surface area contributed by atoms with Crippen molar-refractivity contribution in [3.8, 4) is 22.8 Å². The van der Waals surface area contributed by atoms with Gasteiger partial charge in [-0.25, -0.2) is 4.98 Å². The highest BCUT2D eigenvalue weighted by atomic mass is 79.9. The van der Waals surface area contributed by atoms with Crippen molar-refractivity contribution in [2.45, 2.75) is 13.0 Å². The predicted molar refractivity (Wildman–Crippen MR) is 121 cm³/mol. The Labute approximate surface area is 178 Å². The molecule has 1 aromatic heterocycles. The first-order valence-electron chi connectivity index (χ1n) is 9.67. The van der Waals surface area contributed by atoms with Crippen molar-refractivity contribution in [3.05, 3.63) is 64.1 Å². The van der Waals surface area contributed by atoms with Crippen molar-refractivity contribution in [2.24, 2.45) is 0 Å². The molecule has 4 aromatic rings. The lowest BCUT2D eigenvalue weighted by Crippen LogP contribution is -2.25. The molecule has 1 aliphatic rings. The number of nitrogens with zero attached hydrogens (tertiary/aromatic N) is 1. The van der Waals surface area contributed by atoms with Crippen LogP contribution in [0.2, 0.25) is 0 Å². The lowest BCUT2D eigenvalue weighted by Gasteiger charge is -2.23. The zero-order chi connectivity index (χ0) is 20.0. The van der Waals surface area contributed by atoms with Gasteiger partial charge in [0, 0.05) is 17.5 Å². The van der Waals surface area contributed by atoms with Crippen molar-refractivity contribution in [3.63, 3.8) is 0 Å². The summed E-state index contributed by atoms with van der Waals surface area (Å²) >= 11 is 3.63. The third-order valence-electron chi connectivity index (χ3n) is 5.65. The molecule has 2 heterocycles. The van der Waals surface area contributed by atoms with Crippen molar-refractivity contribution < 1.29 is 9.47 Å². The van der Waals surface area contributed by atoms with Crippen LogP contribution in [-0.4, -0.2) is 25.7 Å². The quantitative estimate of drug-likeness (QED) is 0.421. The minimum Gasteiger partial charge on any atom is -0.493 e. The summed E-state index contributed by atoms with van der Waals surface area (Å²) in [6.07, 6.45) is 0.990. The Kier molecular flexibility index (Phi) is 4.64. The van der Waals surface area contributed by atoms with Crippen molar-refractivity contribution in [1.29, 1.82) is 0 Å². The topological polar surface area (TPSA) is 43.4 Å². The second kappa shape index (κ2) is 7.32. The standard InChI is InChI=1S/C24H21BrN2O2/c1-28-21-12-15(11-19(25)24(21)29-2)23-18-13-26-10-9-17(18)22-16-6-4-3-5-14(16)7-8-20(22)27-23/h3-8,11-12,26H,9-10,13H2,1-2H3. The maximum Gasteiger partial charge on any atom is 0.174 e. The number of hydrogen-bond acceptors (Lipinski definition) is 4. The van der Waals surface area contributed by atoms with Gasteiger partial charge in [-0.3, -0.25) is 0 Å². The van der Waals surface area contributed by atoms with E-state index in [1.165, 1.54) is 27.3 Å². The number of benzene rings is 3. The number of ether oxygens (including phenoxy) is 2. The van der Waals surface area contributed by atoms with Crippen LogP contribution in [0.4, 0.5) is 0 Å². The number of aromatic nitrogens is 1. The summed E-state index contributed by atoms with van der Waals surface area (Å²) in [4.78, 5) is 5.12. The highest BCUT2D eigenvalue weighted by Crippen LogP contribution is 2.42. The molecule has 5 heteroatoms. The zero-order valence-electron chi connectivity index (χ0n) is 16.4. The third kappa shape index (κ3) is 2.96. The molecule has 0 radical (unpaired) electrons. The first-order chi connectivity index (χ1) is 14.2. The molecule has 0 amide bonds. The molecular formula is C24H21BrN2O2. The summed E-state index contributed by atoms with van der Waals surface area (Å²) < 4.78 is 11.9. The SMILES string of the molecule is COc1cc(-c2nc3ccc4ccccc4c3c3c2CNCC3)cc(Br)c1OC. The van der Waals surface area contributed by atoms with Gasteiger partial charge in [0.05, 0.1) is 29.9 Å². The normalized spacial score (nSPS) is 13.5. The number of rotatable bonds is 3. The zero-order valence-corrected chi connectivity index (χ0v) is 18.0. The molecule has 0 spiro atoms. The molecule has 0 atom stereocenters. The maximum atomic E-state index is 5.57. The summed E-state index contributed by atoms with van der Waals surface area (Å²) in [7, 11) is 3.30. The lowest BCUT2D eigenvalue weighted by atomic mass is 9.90. The minimum atomic E-state index is 0.690. The van der Waals surface area contributed by atoms with Gasteiger partial charge in [0.25, 0.3) is 0 Å². The highest BCUT2D eigenvalue weighted by molar-refractivity contribution is 9.10. The van der Waals surface area contributed by atoms with Gasteiger partial charge >= 0.3 is 0 Å². The summed E-state index contributed by atoms with van der Waals surface area (Å²) in [5.41, 5.74) is 5.71. The van der Waals surface area contributed by atoms with Crippen LogP contribution in [0.25, 0.3) is 32.9 Å². The summed E-state index contributed by atoms with van der Waals surface area (Å²) in [6.45, 7) is 1.78. The Hall–Kier alpha value is -2.63. The first kappa shape index (κ1) is 18.4. The molecule has 0 fully saturated rings. The van der Waals surface area contributed by atoms with Gasteiger partial charge in [0.1, 0.15) is 0 Å². The molecule has 0 saturated heterocycles. The van der Waals surface area contributed by atoms with Gasteiger partial charge < -0.3 is 14.8 Å². The van der Waals surface area contributed by atoms with Gasteiger partial charge in [-0.1, -0.05) is 30.3 Å². The number of fused-ring (bicyclic) bond motifs is 5. The fourth-order valence-corrected chi connectivity index (χ4v) is 4.94. The Morgan fingerprint density at radius 3 is 2.69 bits per heavy atom. The van der Waals surface area contributed by atoms with E-state index in [-0.39, 0.29) is 0 Å². The van der Waals surface area contributed by atoms with E-state index in [2.05, 4.69) is 63.7 Å². The number of halogens is 1. The molecule has 4 nitrogen and oxygen atoms in total. The largest absolute Gasteiger partial charge is 0.493 e. The molecular weight excluding hydrogens is 428 g/mol. The fraction of sp³-hybridized carbons (Fsp3) is 0.208. The van der Waals surface area contributed by atoms with Gasteiger partial charge in [-0.15, -0.1) is 0 Å². The Balaban J connectivity index is 1.84. The van der Waals surface area contributed by atoms with E-state index in [0.29, 0.717) is 11.5 Å². The van der Waals surface area contributed by atoms with Crippen LogP contribution in [0.3, 0.4) is 0 Å². The van der Waals surface area contributed by atoms with Gasteiger partial charge in [-0.2, -0.15) is 0 Å². The second-order valence-corrected chi connectivity index (χ2v) is 8.07. The van der Waals surface area contributed by atoms with E-state index >= 15 is 0 Å². The molecule has 1 N–H and O–H groups in total. The van der Waals surface area contributed by atoms with E-state index < -0.39 is 0 Å². The predicted octanol–water partition coefficient (Wildman–Crippen LogP) is 5.48. The Morgan fingerprint density at radius 2 is 1.86 bits per heavy atom. The average Bonchev–Trinajstić information content (AvgIpc) is 2.77. The van der Waals surface area contributed by atoms with Gasteiger partial charge in [0.2, 0.25) is 0 Å². The number of hydrogen-bond donors (Lipinski definition) is 1. The maximum absolute atomic E-state index is 5.57. The molecule has 0 bridgehead atoms.